The monoisotopic (exact) mass is 568 g/mol. The Labute approximate surface area is 214 Å². The Balaban J connectivity index is 0.00000385. The van der Waals surface area contributed by atoms with Gasteiger partial charge in [-0.25, -0.2) is 0 Å². The van der Waals surface area contributed by atoms with Crippen LogP contribution in [0.3, 0.4) is 0 Å². The summed E-state index contributed by atoms with van der Waals surface area (Å²) in [5, 5.41) is 17.2. The molecule has 1 heterocycles. The maximum atomic E-state index is 10.6. The molecular formula is C25H37IN4O3. The third-order valence-electron chi connectivity index (χ3n) is 5.79. The Bertz CT molecular complexity index is 874. The summed E-state index contributed by atoms with van der Waals surface area (Å²) in [7, 11) is 3.34. The van der Waals surface area contributed by atoms with Gasteiger partial charge in [0.2, 0.25) is 0 Å². The van der Waals surface area contributed by atoms with Crippen molar-refractivity contribution >= 4 is 29.9 Å². The number of likely N-dealkylation sites (tertiary alicyclic amines) is 1. The van der Waals surface area contributed by atoms with Gasteiger partial charge < -0.3 is 25.2 Å². The van der Waals surface area contributed by atoms with Crippen molar-refractivity contribution < 1.29 is 14.6 Å². The van der Waals surface area contributed by atoms with Gasteiger partial charge in [0.15, 0.2) is 5.96 Å². The fraction of sp³-hybridized carbons (Fsp3) is 0.480. The molecule has 1 aliphatic heterocycles. The van der Waals surface area contributed by atoms with E-state index in [2.05, 4.69) is 27.7 Å². The molecule has 33 heavy (non-hydrogen) atoms. The van der Waals surface area contributed by atoms with Crippen molar-refractivity contribution in [2.75, 3.05) is 46.9 Å². The Kier molecular flexibility index (Phi) is 11.8. The van der Waals surface area contributed by atoms with E-state index < -0.39 is 6.10 Å². The van der Waals surface area contributed by atoms with Gasteiger partial charge in [-0.05, 0) is 56.6 Å². The molecule has 1 aliphatic rings. The topological polar surface area (TPSA) is 78.4 Å². The van der Waals surface area contributed by atoms with Gasteiger partial charge >= 0.3 is 0 Å². The van der Waals surface area contributed by atoms with Crippen LogP contribution in [0.2, 0.25) is 0 Å². The average molecular weight is 569 g/mol. The van der Waals surface area contributed by atoms with Crippen LogP contribution in [0.5, 0.6) is 11.5 Å². The van der Waals surface area contributed by atoms with Gasteiger partial charge in [0, 0.05) is 18.7 Å². The normalized spacial score (nSPS) is 15.9. The van der Waals surface area contributed by atoms with Crippen LogP contribution in [0.1, 0.15) is 43.0 Å². The highest BCUT2D eigenvalue weighted by atomic mass is 127. The van der Waals surface area contributed by atoms with Crippen molar-refractivity contribution in [3.63, 3.8) is 0 Å². The first-order chi connectivity index (χ1) is 15.7. The highest BCUT2D eigenvalue weighted by Crippen LogP contribution is 2.31. The van der Waals surface area contributed by atoms with E-state index in [1.165, 1.54) is 12.8 Å². The lowest BCUT2D eigenvalue weighted by Gasteiger charge is -2.28. The number of aliphatic hydroxyl groups excluding tert-OH is 1. The summed E-state index contributed by atoms with van der Waals surface area (Å²) >= 11 is 0. The molecule has 2 unspecified atom stereocenters. The van der Waals surface area contributed by atoms with Crippen LogP contribution >= 0.6 is 24.0 Å². The first-order valence-corrected chi connectivity index (χ1v) is 11.4. The summed E-state index contributed by atoms with van der Waals surface area (Å²) < 4.78 is 10.9. The second kappa shape index (κ2) is 14.3. The molecule has 0 amide bonds. The Hall–Kier alpha value is -2.04. The summed E-state index contributed by atoms with van der Waals surface area (Å²) in [5.41, 5.74) is 1.96. The van der Waals surface area contributed by atoms with E-state index in [0.29, 0.717) is 19.0 Å². The van der Waals surface area contributed by atoms with Crippen molar-refractivity contribution in [1.82, 2.24) is 15.5 Å². The van der Waals surface area contributed by atoms with E-state index in [0.717, 1.165) is 42.3 Å². The molecule has 3 N–H and O–H groups in total. The summed E-state index contributed by atoms with van der Waals surface area (Å²) in [5.74, 6) is 2.31. The number of benzene rings is 2. The Morgan fingerprint density at radius 1 is 1.06 bits per heavy atom. The number of methoxy groups -OCH3 is 2. The zero-order valence-corrected chi connectivity index (χ0v) is 22.1. The SMILES string of the molecule is CCNC(=NCC(c1ccccc1OC)N1CCCC1)NCC(O)c1cccc(OC)c1.I. The molecule has 7 nitrogen and oxygen atoms in total. The molecule has 0 spiro atoms. The average Bonchev–Trinajstić information content (AvgIpc) is 3.37. The zero-order chi connectivity index (χ0) is 22.8. The highest BCUT2D eigenvalue weighted by molar-refractivity contribution is 14.0. The maximum absolute atomic E-state index is 10.6. The molecule has 182 valence electrons. The van der Waals surface area contributed by atoms with Crippen molar-refractivity contribution in [2.24, 2.45) is 4.99 Å². The van der Waals surface area contributed by atoms with Crippen LogP contribution in [0, 0.1) is 0 Å². The van der Waals surface area contributed by atoms with Crippen LogP contribution in [0.15, 0.2) is 53.5 Å². The zero-order valence-electron chi connectivity index (χ0n) is 19.8. The quantitative estimate of drug-likeness (QED) is 0.230. The molecule has 2 atom stereocenters. The van der Waals surface area contributed by atoms with E-state index in [-0.39, 0.29) is 30.0 Å². The molecule has 0 saturated carbocycles. The number of ether oxygens (including phenoxy) is 2. The molecule has 2 aromatic carbocycles. The number of rotatable bonds is 10. The summed E-state index contributed by atoms with van der Waals surface area (Å²) in [4.78, 5) is 7.35. The van der Waals surface area contributed by atoms with Crippen molar-refractivity contribution in [3.05, 3.63) is 59.7 Å². The van der Waals surface area contributed by atoms with Gasteiger partial charge in [0.25, 0.3) is 0 Å². The number of halogens is 1. The predicted octanol–water partition coefficient (Wildman–Crippen LogP) is 3.75. The predicted molar refractivity (Wildman–Crippen MR) is 144 cm³/mol. The van der Waals surface area contributed by atoms with E-state index in [1.54, 1.807) is 14.2 Å². The largest absolute Gasteiger partial charge is 0.497 e. The molecule has 3 rings (SSSR count). The molecule has 1 fully saturated rings. The van der Waals surface area contributed by atoms with Crippen LogP contribution in [0.25, 0.3) is 0 Å². The van der Waals surface area contributed by atoms with Gasteiger partial charge in [-0.2, -0.15) is 0 Å². The number of hydrogen-bond acceptors (Lipinski definition) is 5. The first kappa shape index (κ1) is 27.2. The standard InChI is InChI=1S/C25H36N4O3.HI/c1-4-26-25(28-18-23(30)19-10-9-11-20(16-19)31-2)27-17-22(29-14-7-8-15-29)21-12-5-6-13-24(21)32-3;/h5-6,9-13,16,22-23,30H,4,7-8,14-15,17-18H2,1-3H3,(H2,26,27,28);1H. The van der Waals surface area contributed by atoms with Crippen molar-refractivity contribution in [1.29, 1.82) is 0 Å². The highest BCUT2D eigenvalue weighted by Gasteiger charge is 2.25. The maximum Gasteiger partial charge on any atom is 0.191 e. The lowest BCUT2D eigenvalue weighted by atomic mass is 10.0. The summed E-state index contributed by atoms with van der Waals surface area (Å²) in [6, 6.07) is 15.8. The number of nitrogens with one attached hydrogen (secondary N) is 2. The molecule has 0 aromatic heterocycles. The molecule has 1 saturated heterocycles. The molecule has 0 radical (unpaired) electrons. The number of aliphatic hydroxyl groups is 1. The number of hydrogen-bond donors (Lipinski definition) is 3. The van der Waals surface area contributed by atoms with Crippen LogP contribution < -0.4 is 20.1 Å². The minimum absolute atomic E-state index is 0. The Morgan fingerprint density at radius 3 is 2.52 bits per heavy atom. The second-order valence-corrected chi connectivity index (χ2v) is 7.89. The summed E-state index contributed by atoms with van der Waals surface area (Å²) in [6.45, 7) is 5.86. The smallest absolute Gasteiger partial charge is 0.191 e. The second-order valence-electron chi connectivity index (χ2n) is 7.89. The van der Waals surface area contributed by atoms with Gasteiger partial charge in [0.05, 0.1) is 32.9 Å². The van der Waals surface area contributed by atoms with E-state index in [1.807, 2.05) is 43.3 Å². The summed E-state index contributed by atoms with van der Waals surface area (Å²) in [6.07, 6.45) is 1.75. The lowest BCUT2D eigenvalue weighted by Crippen LogP contribution is -2.40. The molecular weight excluding hydrogens is 531 g/mol. The minimum atomic E-state index is -0.669. The van der Waals surface area contributed by atoms with Gasteiger partial charge in [-0.1, -0.05) is 30.3 Å². The van der Waals surface area contributed by atoms with Crippen LogP contribution in [0.4, 0.5) is 0 Å². The Morgan fingerprint density at radius 2 is 1.82 bits per heavy atom. The number of guanidine groups is 1. The third kappa shape index (κ3) is 7.75. The number of para-hydroxylation sites is 1. The minimum Gasteiger partial charge on any atom is -0.497 e. The van der Waals surface area contributed by atoms with Crippen molar-refractivity contribution in [3.8, 4) is 11.5 Å². The fourth-order valence-electron chi connectivity index (χ4n) is 4.08. The van der Waals surface area contributed by atoms with Gasteiger partial charge in [-0.15, -0.1) is 24.0 Å². The third-order valence-corrected chi connectivity index (χ3v) is 5.79. The van der Waals surface area contributed by atoms with Gasteiger partial charge in [0.1, 0.15) is 11.5 Å². The number of aliphatic imine (C=N–C) groups is 1. The molecule has 0 aliphatic carbocycles. The number of nitrogens with zero attached hydrogens (tertiary/aromatic N) is 2. The van der Waals surface area contributed by atoms with E-state index in [4.69, 9.17) is 14.5 Å². The van der Waals surface area contributed by atoms with Gasteiger partial charge in [-0.3, -0.25) is 9.89 Å². The van der Waals surface area contributed by atoms with Crippen LogP contribution in [-0.2, 0) is 0 Å². The molecule has 2 aromatic rings. The fourth-order valence-corrected chi connectivity index (χ4v) is 4.08. The van der Waals surface area contributed by atoms with E-state index in [9.17, 15) is 5.11 Å². The van der Waals surface area contributed by atoms with Crippen molar-refractivity contribution in [2.45, 2.75) is 31.9 Å². The van der Waals surface area contributed by atoms with Crippen LogP contribution in [-0.4, -0.2) is 62.9 Å². The molecule has 8 heteroatoms. The first-order valence-electron chi connectivity index (χ1n) is 11.4. The van der Waals surface area contributed by atoms with E-state index >= 15 is 0 Å². The molecule has 0 bridgehead atoms. The lowest BCUT2D eigenvalue weighted by molar-refractivity contribution is 0.180.